The van der Waals surface area contributed by atoms with Crippen molar-refractivity contribution >= 4 is 49.7 Å². The number of nitrogens with one attached hydrogen (secondary N) is 2. The van der Waals surface area contributed by atoms with Crippen LogP contribution in [0, 0.1) is 6.92 Å². The van der Waals surface area contributed by atoms with Gasteiger partial charge in [-0.05, 0) is 36.2 Å². The number of amides is 1. The second-order valence-corrected chi connectivity index (χ2v) is 9.51. The Morgan fingerprint density at radius 3 is 2.71 bits per heavy atom. The van der Waals surface area contributed by atoms with Crippen molar-refractivity contribution in [1.29, 1.82) is 0 Å². The minimum absolute atomic E-state index is 0.323. The van der Waals surface area contributed by atoms with Gasteiger partial charge in [-0.25, -0.2) is 13.4 Å². The molecule has 1 aromatic heterocycles. The average Bonchev–Trinajstić information content (AvgIpc) is 3.04. The van der Waals surface area contributed by atoms with Crippen LogP contribution in [0.4, 0.5) is 10.8 Å². The molecule has 1 heterocycles. The molecular weight excluding hydrogens is 418 g/mol. The molecule has 0 radical (unpaired) electrons. The number of aromatic nitrogens is 1. The number of carbonyl (C=O) groups is 1. The maximum atomic E-state index is 12.5. The molecule has 3 rings (SSSR count). The number of carbonyl (C=O) groups excluding carboxylic acids is 1. The number of aryl methyl sites for hydroxylation is 1. The van der Waals surface area contributed by atoms with Gasteiger partial charge in [0.25, 0.3) is 5.91 Å². The average molecular weight is 436 g/mol. The van der Waals surface area contributed by atoms with Gasteiger partial charge < -0.3 is 0 Å². The molecule has 0 saturated carbocycles. The lowest BCUT2D eigenvalue weighted by molar-refractivity contribution is 0.102. The smallest absolute Gasteiger partial charge is 0.257 e. The monoisotopic (exact) mass is 435 g/mol. The molecule has 1 amide bonds. The number of sulfonamides is 1. The minimum Gasteiger partial charge on any atom is -0.298 e. The molecule has 9 heteroatoms. The zero-order valence-electron chi connectivity index (χ0n) is 15.2. The zero-order valence-corrected chi connectivity index (χ0v) is 17.6. The molecule has 3 aromatic rings. The molecule has 0 saturated heterocycles. The molecule has 0 aliphatic carbocycles. The van der Waals surface area contributed by atoms with Crippen LogP contribution in [0.15, 0.2) is 48.7 Å². The highest BCUT2D eigenvalue weighted by molar-refractivity contribution is 7.92. The molecule has 6 nitrogen and oxygen atoms in total. The summed E-state index contributed by atoms with van der Waals surface area (Å²) in [7, 11) is -3.41. The summed E-state index contributed by atoms with van der Waals surface area (Å²) in [5.41, 5.74) is 2.67. The SMILES string of the molecule is Cc1cccc(Cc2cnc(NC(=O)c3cccc(NS(C)(=O)=O)c3)s2)c1Cl. The third-order valence-corrected chi connectivity index (χ3v) is 5.90. The first-order chi connectivity index (χ1) is 13.2. The fraction of sp³-hybridized carbons (Fsp3) is 0.158. The summed E-state index contributed by atoms with van der Waals surface area (Å²) >= 11 is 7.71. The molecule has 0 atom stereocenters. The quantitative estimate of drug-likeness (QED) is 0.603. The Hall–Kier alpha value is -2.42. The predicted octanol–water partition coefficient (Wildman–Crippen LogP) is 4.32. The molecule has 2 aromatic carbocycles. The number of halogens is 1. The summed E-state index contributed by atoms with van der Waals surface area (Å²) in [6, 6.07) is 12.1. The van der Waals surface area contributed by atoms with Crippen molar-refractivity contribution < 1.29 is 13.2 Å². The Bertz CT molecular complexity index is 1130. The van der Waals surface area contributed by atoms with E-state index in [1.54, 1.807) is 24.4 Å². The fourth-order valence-corrected chi connectivity index (χ4v) is 4.17. The van der Waals surface area contributed by atoms with Gasteiger partial charge in [0, 0.05) is 33.8 Å². The Morgan fingerprint density at radius 1 is 1.21 bits per heavy atom. The molecule has 28 heavy (non-hydrogen) atoms. The Kier molecular flexibility index (Phi) is 6.02. The summed E-state index contributed by atoms with van der Waals surface area (Å²) in [5, 5.41) is 3.93. The van der Waals surface area contributed by atoms with E-state index in [9.17, 15) is 13.2 Å². The second-order valence-electron chi connectivity index (χ2n) is 6.27. The third kappa shape index (κ3) is 5.31. The van der Waals surface area contributed by atoms with Crippen molar-refractivity contribution in [3.05, 3.63) is 75.3 Å². The van der Waals surface area contributed by atoms with Gasteiger partial charge in [0.05, 0.1) is 6.26 Å². The van der Waals surface area contributed by atoms with Crippen LogP contribution in [0.5, 0.6) is 0 Å². The number of anilines is 2. The van der Waals surface area contributed by atoms with Crippen LogP contribution in [0.2, 0.25) is 5.02 Å². The number of rotatable bonds is 6. The first-order valence-electron chi connectivity index (χ1n) is 8.29. The third-order valence-electron chi connectivity index (χ3n) is 3.84. The van der Waals surface area contributed by atoms with Gasteiger partial charge >= 0.3 is 0 Å². The Balaban J connectivity index is 1.70. The molecule has 0 bridgehead atoms. The van der Waals surface area contributed by atoms with Gasteiger partial charge in [-0.15, -0.1) is 11.3 Å². The summed E-state index contributed by atoms with van der Waals surface area (Å²) in [5.74, 6) is -0.369. The van der Waals surface area contributed by atoms with Gasteiger partial charge in [-0.2, -0.15) is 0 Å². The lowest BCUT2D eigenvalue weighted by Crippen LogP contribution is -2.13. The van der Waals surface area contributed by atoms with E-state index in [0.29, 0.717) is 22.8 Å². The highest BCUT2D eigenvalue weighted by atomic mass is 35.5. The summed E-state index contributed by atoms with van der Waals surface area (Å²) in [6.07, 6.45) is 3.39. The van der Waals surface area contributed by atoms with E-state index in [1.165, 1.54) is 17.4 Å². The van der Waals surface area contributed by atoms with Crippen LogP contribution in [-0.4, -0.2) is 25.6 Å². The van der Waals surface area contributed by atoms with Gasteiger partial charge in [-0.3, -0.25) is 14.8 Å². The first-order valence-corrected chi connectivity index (χ1v) is 11.4. The molecule has 0 spiro atoms. The number of benzene rings is 2. The summed E-state index contributed by atoms with van der Waals surface area (Å²) < 4.78 is 25.0. The van der Waals surface area contributed by atoms with E-state index in [4.69, 9.17) is 11.6 Å². The normalized spacial score (nSPS) is 11.2. The molecule has 146 valence electrons. The van der Waals surface area contributed by atoms with Crippen molar-refractivity contribution in [3.63, 3.8) is 0 Å². The van der Waals surface area contributed by atoms with Crippen molar-refractivity contribution in [3.8, 4) is 0 Å². The maximum Gasteiger partial charge on any atom is 0.257 e. The van der Waals surface area contributed by atoms with Crippen molar-refractivity contribution in [2.75, 3.05) is 16.3 Å². The standard InChI is InChI=1S/C19H18ClN3O3S2/c1-12-5-3-6-13(17(12)20)10-16-11-21-19(27-16)22-18(24)14-7-4-8-15(9-14)23-28(2,25)26/h3-9,11,23H,10H2,1-2H3,(H,21,22,24). The zero-order chi connectivity index (χ0) is 20.3. The molecular formula is C19H18ClN3O3S2. The fourth-order valence-electron chi connectivity index (χ4n) is 2.59. The molecule has 0 aliphatic rings. The van der Waals surface area contributed by atoms with Crippen LogP contribution in [0.1, 0.15) is 26.4 Å². The van der Waals surface area contributed by atoms with Gasteiger partial charge in [0.1, 0.15) is 0 Å². The predicted molar refractivity (Wildman–Crippen MR) is 114 cm³/mol. The Morgan fingerprint density at radius 2 is 1.96 bits per heavy atom. The van der Waals surface area contributed by atoms with Gasteiger partial charge in [0.2, 0.25) is 10.0 Å². The van der Waals surface area contributed by atoms with Gasteiger partial charge in [0.15, 0.2) is 5.13 Å². The number of hydrogen-bond acceptors (Lipinski definition) is 5. The Labute approximate surface area is 172 Å². The largest absolute Gasteiger partial charge is 0.298 e. The highest BCUT2D eigenvalue weighted by Gasteiger charge is 2.12. The topological polar surface area (TPSA) is 88.2 Å². The first kappa shape index (κ1) is 20.3. The van der Waals surface area contributed by atoms with E-state index < -0.39 is 10.0 Å². The minimum atomic E-state index is -3.41. The van der Waals surface area contributed by atoms with Crippen LogP contribution in [0.3, 0.4) is 0 Å². The second kappa shape index (κ2) is 8.30. The van der Waals surface area contributed by atoms with E-state index in [2.05, 4.69) is 15.0 Å². The maximum absolute atomic E-state index is 12.5. The van der Waals surface area contributed by atoms with Crippen molar-refractivity contribution in [2.24, 2.45) is 0 Å². The lowest BCUT2D eigenvalue weighted by atomic mass is 10.1. The molecule has 0 fully saturated rings. The molecule has 0 unspecified atom stereocenters. The van der Waals surface area contributed by atoms with E-state index >= 15 is 0 Å². The van der Waals surface area contributed by atoms with E-state index in [-0.39, 0.29) is 5.91 Å². The number of thiazole rings is 1. The molecule has 2 N–H and O–H groups in total. The van der Waals surface area contributed by atoms with Crippen LogP contribution in [-0.2, 0) is 16.4 Å². The summed E-state index contributed by atoms with van der Waals surface area (Å²) in [6.45, 7) is 1.96. The van der Waals surface area contributed by atoms with Crippen LogP contribution in [0.25, 0.3) is 0 Å². The van der Waals surface area contributed by atoms with Crippen LogP contribution >= 0.6 is 22.9 Å². The summed E-state index contributed by atoms with van der Waals surface area (Å²) in [4.78, 5) is 17.7. The number of nitrogens with zero attached hydrogens (tertiary/aromatic N) is 1. The number of hydrogen-bond donors (Lipinski definition) is 2. The van der Waals surface area contributed by atoms with Crippen molar-refractivity contribution in [1.82, 2.24) is 4.98 Å². The lowest BCUT2D eigenvalue weighted by Gasteiger charge is -2.06. The van der Waals surface area contributed by atoms with E-state index in [1.807, 2.05) is 25.1 Å². The highest BCUT2D eigenvalue weighted by Crippen LogP contribution is 2.27. The van der Waals surface area contributed by atoms with Gasteiger partial charge in [-0.1, -0.05) is 35.9 Å². The molecule has 0 aliphatic heterocycles. The van der Waals surface area contributed by atoms with Crippen LogP contribution < -0.4 is 10.0 Å². The van der Waals surface area contributed by atoms with Crippen molar-refractivity contribution in [2.45, 2.75) is 13.3 Å². The van der Waals surface area contributed by atoms with E-state index in [0.717, 1.165) is 27.3 Å².